The van der Waals surface area contributed by atoms with E-state index in [0.717, 1.165) is 0 Å². The summed E-state index contributed by atoms with van der Waals surface area (Å²) in [4.78, 5) is 2.62. The minimum Gasteiger partial charge on any atom is -0.371 e. The summed E-state index contributed by atoms with van der Waals surface area (Å²) in [6.45, 7) is 7.14. The number of hydrogen-bond donors (Lipinski definition) is 0. The molecule has 1 aromatic rings. The SMILES string of the molecule is Cc1ccc2c(c1)CCCN2CC1(C)CC1. The molecule has 0 aromatic heterocycles. The Morgan fingerprint density at radius 3 is 2.88 bits per heavy atom. The number of benzene rings is 1. The highest BCUT2D eigenvalue weighted by molar-refractivity contribution is 5.57. The van der Waals surface area contributed by atoms with Crippen LogP contribution >= 0.6 is 0 Å². The van der Waals surface area contributed by atoms with Gasteiger partial charge in [-0.25, -0.2) is 0 Å². The maximum atomic E-state index is 2.62. The molecule has 0 atom stereocenters. The molecule has 0 radical (unpaired) electrons. The Morgan fingerprint density at radius 1 is 1.31 bits per heavy atom. The molecule has 3 rings (SSSR count). The van der Waals surface area contributed by atoms with Gasteiger partial charge in [-0.15, -0.1) is 0 Å². The zero-order valence-corrected chi connectivity index (χ0v) is 10.4. The number of rotatable bonds is 2. The maximum absolute atomic E-state index is 2.62. The predicted molar refractivity (Wildman–Crippen MR) is 69.1 cm³/mol. The minimum absolute atomic E-state index is 0.625. The molecule has 16 heavy (non-hydrogen) atoms. The fourth-order valence-electron chi connectivity index (χ4n) is 2.80. The van der Waals surface area contributed by atoms with Crippen LogP contribution in [0.4, 0.5) is 5.69 Å². The van der Waals surface area contributed by atoms with Crippen molar-refractivity contribution in [1.29, 1.82) is 0 Å². The minimum atomic E-state index is 0.625. The largest absolute Gasteiger partial charge is 0.371 e. The first kappa shape index (κ1) is 10.2. The van der Waals surface area contributed by atoms with Gasteiger partial charge in [-0.05, 0) is 49.7 Å². The summed E-state index contributed by atoms with van der Waals surface area (Å²) >= 11 is 0. The summed E-state index contributed by atoms with van der Waals surface area (Å²) in [6.07, 6.45) is 5.44. The van der Waals surface area contributed by atoms with Gasteiger partial charge in [0, 0.05) is 18.8 Å². The van der Waals surface area contributed by atoms with E-state index in [1.165, 1.54) is 50.0 Å². The lowest BCUT2D eigenvalue weighted by atomic mass is 9.98. The monoisotopic (exact) mass is 215 g/mol. The highest BCUT2D eigenvalue weighted by Gasteiger charge is 2.39. The summed E-state index contributed by atoms with van der Waals surface area (Å²) in [5.41, 5.74) is 5.10. The van der Waals surface area contributed by atoms with Gasteiger partial charge in [-0.1, -0.05) is 24.6 Å². The summed E-state index contributed by atoms with van der Waals surface area (Å²) < 4.78 is 0. The molecule has 0 unspecified atom stereocenters. The molecule has 86 valence electrons. The number of aryl methyl sites for hydroxylation is 2. The van der Waals surface area contributed by atoms with Gasteiger partial charge in [0.15, 0.2) is 0 Å². The van der Waals surface area contributed by atoms with Crippen LogP contribution in [-0.4, -0.2) is 13.1 Å². The van der Waals surface area contributed by atoms with Crippen LogP contribution < -0.4 is 4.90 Å². The number of anilines is 1. The molecule has 0 bridgehead atoms. The molecule has 2 aliphatic rings. The quantitative estimate of drug-likeness (QED) is 0.729. The molecule has 0 N–H and O–H groups in total. The van der Waals surface area contributed by atoms with Crippen LogP contribution in [-0.2, 0) is 6.42 Å². The van der Waals surface area contributed by atoms with Gasteiger partial charge in [-0.2, -0.15) is 0 Å². The third kappa shape index (κ3) is 1.83. The van der Waals surface area contributed by atoms with Crippen LogP contribution in [0, 0.1) is 12.3 Å². The van der Waals surface area contributed by atoms with E-state index < -0.39 is 0 Å². The van der Waals surface area contributed by atoms with E-state index >= 15 is 0 Å². The average Bonchev–Trinajstić information content (AvgIpc) is 2.96. The van der Waals surface area contributed by atoms with Crippen molar-refractivity contribution in [2.75, 3.05) is 18.0 Å². The molecule has 1 aromatic carbocycles. The predicted octanol–water partition coefficient (Wildman–Crippen LogP) is 3.55. The lowest BCUT2D eigenvalue weighted by molar-refractivity contribution is 0.533. The van der Waals surface area contributed by atoms with Crippen LogP contribution in [0.1, 0.15) is 37.3 Å². The molecule has 0 saturated heterocycles. The molecule has 1 fully saturated rings. The second-order valence-electron chi connectivity index (χ2n) is 5.97. The summed E-state index contributed by atoms with van der Waals surface area (Å²) in [5.74, 6) is 0. The summed E-state index contributed by atoms with van der Waals surface area (Å²) in [6, 6.07) is 6.96. The molecule has 1 heteroatoms. The Morgan fingerprint density at radius 2 is 2.12 bits per heavy atom. The van der Waals surface area contributed by atoms with Crippen molar-refractivity contribution in [3.63, 3.8) is 0 Å². The van der Waals surface area contributed by atoms with Crippen molar-refractivity contribution in [1.82, 2.24) is 0 Å². The third-order valence-electron chi connectivity index (χ3n) is 4.13. The van der Waals surface area contributed by atoms with Crippen molar-refractivity contribution in [2.24, 2.45) is 5.41 Å². The lowest BCUT2D eigenvalue weighted by Gasteiger charge is -2.33. The standard InChI is InChI=1S/C15H21N/c1-12-5-6-14-13(10-12)4-3-9-16(14)11-15(2)7-8-15/h5-6,10H,3-4,7-9,11H2,1-2H3. The fourth-order valence-corrected chi connectivity index (χ4v) is 2.80. The lowest BCUT2D eigenvalue weighted by Crippen LogP contribution is -2.33. The van der Waals surface area contributed by atoms with E-state index in [1.54, 1.807) is 5.56 Å². The van der Waals surface area contributed by atoms with Gasteiger partial charge in [-0.3, -0.25) is 0 Å². The topological polar surface area (TPSA) is 3.24 Å². The average molecular weight is 215 g/mol. The van der Waals surface area contributed by atoms with Crippen molar-refractivity contribution in [3.8, 4) is 0 Å². The smallest absolute Gasteiger partial charge is 0.0399 e. The molecular formula is C15H21N. The molecule has 0 amide bonds. The van der Waals surface area contributed by atoms with Crippen molar-refractivity contribution in [3.05, 3.63) is 29.3 Å². The van der Waals surface area contributed by atoms with Crippen LogP contribution in [0.3, 0.4) is 0 Å². The van der Waals surface area contributed by atoms with Gasteiger partial charge in [0.1, 0.15) is 0 Å². The molecule has 1 aliphatic carbocycles. The first-order chi connectivity index (χ1) is 7.66. The molecule has 1 heterocycles. The van der Waals surface area contributed by atoms with Crippen molar-refractivity contribution >= 4 is 5.69 Å². The molecule has 0 spiro atoms. The normalized spacial score (nSPS) is 21.8. The van der Waals surface area contributed by atoms with E-state index in [2.05, 4.69) is 36.9 Å². The fraction of sp³-hybridized carbons (Fsp3) is 0.600. The second kappa shape index (κ2) is 3.51. The van der Waals surface area contributed by atoms with Gasteiger partial charge < -0.3 is 4.90 Å². The first-order valence-corrected chi connectivity index (χ1v) is 6.51. The van der Waals surface area contributed by atoms with Crippen molar-refractivity contribution in [2.45, 2.75) is 39.5 Å². The van der Waals surface area contributed by atoms with E-state index in [0.29, 0.717) is 5.41 Å². The van der Waals surface area contributed by atoms with Gasteiger partial charge in [0.25, 0.3) is 0 Å². The number of nitrogens with zero attached hydrogens (tertiary/aromatic N) is 1. The second-order valence-corrected chi connectivity index (χ2v) is 5.97. The Balaban J connectivity index is 1.87. The zero-order valence-electron chi connectivity index (χ0n) is 10.4. The van der Waals surface area contributed by atoms with E-state index in [-0.39, 0.29) is 0 Å². The van der Waals surface area contributed by atoms with Gasteiger partial charge in [0.2, 0.25) is 0 Å². The van der Waals surface area contributed by atoms with Gasteiger partial charge >= 0.3 is 0 Å². The Labute approximate surface area is 98.5 Å². The summed E-state index contributed by atoms with van der Waals surface area (Å²) in [7, 11) is 0. The highest BCUT2D eigenvalue weighted by Crippen LogP contribution is 2.46. The molecule has 1 saturated carbocycles. The maximum Gasteiger partial charge on any atom is 0.0399 e. The molecular weight excluding hydrogens is 194 g/mol. The first-order valence-electron chi connectivity index (χ1n) is 6.51. The molecule has 1 nitrogen and oxygen atoms in total. The zero-order chi connectivity index (χ0) is 11.2. The van der Waals surface area contributed by atoms with E-state index in [9.17, 15) is 0 Å². The van der Waals surface area contributed by atoms with E-state index in [4.69, 9.17) is 0 Å². The van der Waals surface area contributed by atoms with Gasteiger partial charge in [0.05, 0.1) is 0 Å². The highest BCUT2D eigenvalue weighted by atomic mass is 15.1. The Kier molecular flexibility index (Phi) is 2.24. The van der Waals surface area contributed by atoms with Crippen LogP contribution in [0.2, 0.25) is 0 Å². The van der Waals surface area contributed by atoms with Crippen molar-refractivity contribution < 1.29 is 0 Å². The summed E-state index contributed by atoms with van der Waals surface area (Å²) in [5, 5.41) is 0. The Bertz CT molecular complexity index is 404. The Hall–Kier alpha value is -0.980. The van der Waals surface area contributed by atoms with Crippen LogP contribution in [0.25, 0.3) is 0 Å². The van der Waals surface area contributed by atoms with Crippen LogP contribution in [0.15, 0.2) is 18.2 Å². The number of hydrogen-bond acceptors (Lipinski definition) is 1. The molecule has 1 aliphatic heterocycles. The van der Waals surface area contributed by atoms with Crippen LogP contribution in [0.5, 0.6) is 0 Å². The van der Waals surface area contributed by atoms with E-state index in [1.807, 2.05) is 0 Å². The third-order valence-corrected chi connectivity index (χ3v) is 4.13. The number of fused-ring (bicyclic) bond motifs is 1.